The number of amides is 1. The summed E-state index contributed by atoms with van der Waals surface area (Å²) in [7, 11) is 0. The Morgan fingerprint density at radius 1 is 1.38 bits per heavy atom. The third-order valence-electron chi connectivity index (χ3n) is 3.53. The summed E-state index contributed by atoms with van der Waals surface area (Å²) in [6, 6.07) is 6.55. The molecule has 21 heavy (non-hydrogen) atoms. The fourth-order valence-electron chi connectivity index (χ4n) is 2.45. The fraction of sp³-hybridized carbons (Fsp3) is 0.286. The monoisotopic (exact) mass is 352 g/mol. The molecule has 1 saturated heterocycles. The van der Waals surface area contributed by atoms with Gasteiger partial charge in [0.05, 0.1) is 17.7 Å². The van der Waals surface area contributed by atoms with Gasteiger partial charge in [-0.1, -0.05) is 18.2 Å². The molecule has 0 unspecified atom stereocenters. The number of benzene rings is 1. The number of nitrogens with zero attached hydrogens (tertiary/aromatic N) is 1. The molecule has 1 aromatic carbocycles. The molecule has 0 saturated carbocycles. The van der Waals surface area contributed by atoms with E-state index in [2.05, 4.69) is 20.9 Å². The third-order valence-corrected chi connectivity index (χ3v) is 4.35. The second-order valence-corrected chi connectivity index (χ2v) is 5.58. The van der Waals surface area contributed by atoms with Crippen molar-refractivity contribution in [1.82, 2.24) is 9.88 Å². The largest absolute Gasteiger partial charge is 0.480 e. The van der Waals surface area contributed by atoms with Crippen LogP contribution in [0.15, 0.2) is 28.7 Å². The predicted octanol–water partition coefficient (Wildman–Crippen LogP) is 1.86. The number of aromatic nitrogens is 1. The van der Waals surface area contributed by atoms with Crippen LogP contribution in [0, 0.1) is 0 Å². The number of carbonyl (C=O) groups is 2. The van der Waals surface area contributed by atoms with Crippen molar-refractivity contribution >= 4 is 38.7 Å². The molecule has 1 amide bonds. The first-order chi connectivity index (χ1) is 10.1. The molecule has 0 bridgehead atoms. The van der Waals surface area contributed by atoms with Crippen molar-refractivity contribution in [3.05, 3.63) is 34.4 Å². The van der Waals surface area contributed by atoms with Gasteiger partial charge >= 0.3 is 5.97 Å². The van der Waals surface area contributed by atoms with Crippen LogP contribution in [-0.4, -0.2) is 52.7 Å². The van der Waals surface area contributed by atoms with E-state index in [9.17, 15) is 14.7 Å². The van der Waals surface area contributed by atoms with Crippen LogP contribution < -0.4 is 0 Å². The highest BCUT2D eigenvalue weighted by Gasteiger charge is 2.34. The number of rotatable bonds is 2. The van der Waals surface area contributed by atoms with Gasteiger partial charge in [-0.3, -0.25) is 4.79 Å². The van der Waals surface area contributed by atoms with Crippen molar-refractivity contribution in [3.8, 4) is 0 Å². The second kappa shape index (κ2) is 5.50. The van der Waals surface area contributed by atoms with Gasteiger partial charge in [0, 0.05) is 17.4 Å². The highest BCUT2D eigenvalue weighted by Crippen LogP contribution is 2.29. The lowest BCUT2D eigenvalue weighted by atomic mass is 10.2. The lowest BCUT2D eigenvalue weighted by Crippen LogP contribution is -2.52. The molecule has 2 heterocycles. The summed E-state index contributed by atoms with van der Waals surface area (Å²) in [5.74, 6) is -1.40. The lowest BCUT2D eigenvalue weighted by Gasteiger charge is -2.32. The SMILES string of the molecule is O=C(O)[C@H]1COCCN1C(=O)c1[nH]c2ccccc2c1Br. The third kappa shape index (κ3) is 2.43. The average molecular weight is 353 g/mol. The molecule has 1 atom stereocenters. The summed E-state index contributed by atoms with van der Waals surface area (Å²) in [6.07, 6.45) is 0. The van der Waals surface area contributed by atoms with Crippen LogP contribution in [-0.2, 0) is 9.53 Å². The van der Waals surface area contributed by atoms with E-state index in [4.69, 9.17) is 4.74 Å². The Balaban J connectivity index is 1.99. The molecule has 1 aliphatic rings. The second-order valence-electron chi connectivity index (χ2n) is 4.79. The molecule has 1 aromatic heterocycles. The van der Waals surface area contributed by atoms with Gasteiger partial charge < -0.3 is 19.7 Å². The predicted molar refractivity (Wildman–Crippen MR) is 79.3 cm³/mol. The van der Waals surface area contributed by atoms with Gasteiger partial charge in [0.25, 0.3) is 5.91 Å². The molecule has 1 aliphatic heterocycles. The summed E-state index contributed by atoms with van der Waals surface area (Å²) < 4.78 is 5.80. The summed E-state index contributed by atoms with van der Waals surface area (Å²) in [5, 5.41) is 10.1. The van der Waals surface area contributed by atoms with E-state index < -0.39 is 12.0 Å². The number of nitrogens with one attached hydrogen (secondary N) is 1. The number of para-hydroxylation sites is 1. The molecule has 0 spiro atoms. The number of ether oxygens (including phenoxy) is 1. The van der Waals surface area contributed by atoms with Crippen LogP contribution in [0.4, 0.5) is 0 Å². The minimum Gasteiger partial charge on any atom is -0.480 e. The zero-order valence-corrected chi connectivity index (χ0v) is 12.6. The van der Waals surface area contributed by atoms with E-state index in [1.54, 1.807) is 0 Å². The first-order valence-corrected chi connectivity index (χ1v) is 7.26. The molecule has 2 aromatic rings. The maximum atomic E-state index is 12.7. The molecular formula is C14H13BrN2O4. The smallest absolute Gasteiger partial charge is 0.328 e. The normalized spacial score (nSPS) is 18.9. The Morgan fingerprint density at radius 3 is 2.86 bits per heavy atom. The fourth-order valence-corrected chi connectivity index (χ4v) is 3.06. The molecular weight excluding hydrogens is 340 g/mol. The number of carboxylic acids is 1. The van der Waals surface area contributed by atoms with Gasteiger partial charge in [-0.2, -0.15) is 0 Å². The summed E-state index contributed by atoms with van der Waals surface area (Å²) in [5.41, 5.74) is 1.19. The van der Waals surface area contributed by atoms with Crippen molar-refractivity contribution < 1.29 is 19.4 Å². The number of morpholine rings is 1. The van der Waals surface area contributed by atoms with Crippen LogP contribution in [0.3, 0.4) is 0 Å². The van der Waals surface area contributed by atoms with Gasteiger partial charge in [-0.15, -0.1) is 0 Å². The van der Waals surface area contributed by atoms with Crippen molar-refractivity contribution in [3.63, 3.8) is 0 Å². The first-order valence-electron chi connectivity index (χ1n) is 6.47. The van der Waals surface area contributed by atoms with Gasteiger partial charge in [-0.05, 0) is 22.0 Å². The van der Waals surface area contributed by atoms with E-state index in [0.29, 0.717) is 16.8 Å². The molecule has 3 rings (SSSR count). The standard InChI is InChI=1S/C14H13BrN2O4/c15-11-8-3-1-2-4-9(8)16-12(11)13(18)17-5-6-21-7-10(17)14(19)20/h1-4,10,16H,5-7H2,(H,19,20)/t10-/m1/s1. The molecule has 0 aliphatic carbocycles. The molecule has 6 nitrogen and oxygen atoms in total. The van der Waals surface area contributed by atoms with Gasteiger partial charge in [-0.25, -0.2) is 4.79 Å². The number of hydrogen-bond acceptors (Lipinski definition) is 3. The van der Waals surface area contributed by atoms with Crippen molar-refractivity contribution in [2.75, 3.05) is 19.8 Å². The topological polar surface area (TPSA) is 82.6 Å². The zero-order chi connectivity index (χ0) is 15.0. The number of aliphatic carboxylic acids is 1. The zero-order valence-electron chi connectivity index (χ0n) is 11.0. The van der Waals surface area contributed by atoms with Crippen LogP contribution in [0.25, 0.3) is 10.9 Å². The number of carboxylic acid groups (broad SMARTS) is 1. The summed E-state index contributed by atoms with van der Waals surface area (Å²) in [4.78, 5) is 28.3. The first kappa shape index (κ1) is 14.1. The Kier molecular flexibility index (Phi) is 3.69. The van der Waals surface area contributed by atoms with E-state index in [-0.39, 0.29) is 19.1 Å². The Labute approximate surface area is 128 Å². The summed E-state index contributed by atoms with van der Waals surface area (Å²) >= 11 is 3.42. The minimum absolute atomic E-state index is 0.0128. The quantitative estimate of drug-likeness (QED) is 0.863. The van der Waals surface area contributed by atoms with Crippen molar-refractivity contribution in [2.45, 2.75) is 6.04 Å². The van der Waals surface area contributed by atoms with Crippen molar-refractivity contribution in [1.29, 1.82) is 0 Å². The average Bonchev–Trinajstić information content (AvgIpc) is 2.84. The maximum Gasteiger partial charge on any atom is 0.328 e. The number of halogens is 1. The maximum absolute atomic E-state index is 12.7. The van der Waals surface area contributed by atoms with E-state index in [1.165, 1.54) is 4.90 Å². The Hall–Kier alpha value is -1.86. The van der Waals surface area contributed by atoms with Crippen molar-refractivity contribution in [2.24, 2.45) is 0 Å². The van der Waals surface area contributed by atoms with Crippen LogP contribution >= 0.6 is 15.9 Å². The Morgan fingerprint density at radius 2 is 2.14 bits per heavy atom. The minimum atomic E-state index is -1.06. The molecule has 110 valence electrons. The molecule has 2 N–H and O–H groups in total. The van der Waals surface area contributed by atoms with Crippen LogP contribution in [0.2, 0.25) is 0 Å². The Bertz CT molecular complexity index is 712. The lowest BCUT2D eigenvalue weighted by molar-refractivity contribution is -0.147. The molecule has 1 fully saturated rings. The van der Waals surface area contributed by atoms with Crippen LogP contribution in [0.1, 0.15) is 10.5 Å². The number of H-pyrrole nitrogens is 1. The summed E-state index contributed by atoms with van der Waals surface area (Å²) in [6.45, 7) is 0.615. The van der Waals surface area contributed by atoms with E-state index in [1.807, 2.05) is 24.3 Å². The highest BCUT2D eigenvalue weighted by atomic mass is 79.9. The van der Waals surface area contributed by atoms with E-state index in [0.717, 1.165) is 10.9 Å². The van der Waals surface area contributed by atoms with Gasteiger partial charge in [0.1, 0.15) is 5.69 Å². The van der Waals surface area contributed by atoms with E-state index >= 15 is 0 Å². The van der Waals surface area contributed by atoms with Gasteiger partial charge in [0.15, 0.2) is 6.04 Å². The number of carbonyl (C=O) groups excluding carboxylic acids is 1. The molecule has 0 radical (unpaired) electrons. The van der Waals surface area contributed by atoms with Gasteiger partial charge in [0.2, 0.25) is 0 Å². The number of hydrogen-bond donors (Lipinski definition) is 2. The highest BCUT2D eigenvalue weighted by molar-refractivity contribution is 9.10. The van der Waals surface area contributed by atoms with Crippen LogP contribution in [0.5, 0.6) is 0 Å². The molecule has 7 heteroatoms. The number of aromatic amines is 1. The number of fused-ring (bicyclic) bond motifs is 1.